The fraction of sp³-hybridized carbons (Fsp3) is 0.682. The van der Waals surface area contributed by atoms with Crippen LogP contribution in [-0.2, 0) is 11.3 Å². The van der Waals surface area contributed by atoms with Gasteiger partial charge in [-0.05, 0) is 58.4 Å². The van der Waals surface area contributed by atoms with Gasteiger partial charge in [0.1, 0.15) is 0 Å². The molecule has 28 heavy (non-hydrogen) atoms. The summed E-state index contributed by atoms with van der Waals surface area (Å²) in [5, 5.41) is 6.39. The minimum Gasteiger partial charge on any atom is -0.490 e. The van der Waals surface area contributed by atoms with Crippen LogP contribution in [0.3, 0.4) is 0 Å². The van der Waals surface area contributed by atoms with E-state index in [0.29, 0.717) is 18.1 Å². The standard InChI is InChI=1S/C22H37BrN2O3/c1-6-8-9-10-11-12-24-15-17-13-19(27-7-2)20(14-18(17)23)28-16-21(26)25-22(3,4)5/h13-14,24H,6-12,15-16H2,1-5H3,(H,25,26). The molecular formula is C22H37BrN2O3. The predicted molar refractivity (Wildman–Crippen MR) is 119 cm³/mol. The van der Waals surface area contributed by atoms with Gasteiger partial charge in [0.2, 0.25) is 0 Å². The Morgan fingerprint density at radius 3 is 2.36 bits per heavy atom. The molecule has 5 nitrogen and oxygen atoms in total. The van der Waals surface area contributed by atoms with Crippen molar-refractivity contribution < 1.29 is 14.3 Å². The van der Waals surface area contributed by atoms with E-state index >= 15 is 0 Å². The summed E-state index contributed by atoms with van der Waals surface area (Å²) in [4.78, 5) is 12.0. The zero-order valence-corrected chi connectivity index (χ0v) is 19.7. The van der Waals surface area contributed by atoms with Crippen LogP contribution >= 0.6 is 15.9 Å². The molecule has 1 aromatic carbocycles. The van der Waals surface area contributed by atoms with Gasteiger partial charge in [-0.15, -0.1) is 0 Å². The number of ether oxygens (including phenoxy) is 2. The lowest BCUT2D eigenvalue weighted by molar-refractivity contribution is -0.124. The molecule has 0 unspecified atom stereocenters. The van der Waals surface area contributed by atoms with Gasteiger partial charge in [0.25, 0.3) is 5.91 Å². The Balaban J connectivity index is 2.62. The summed E-state index contributed by atoms with van der Waals surface area (Å²) in [6.45, 7) is 12.3. The number of rotatable bonds is 13. The van der Waals surface area contributed by atoms with Gasteiger partial charge < -0.3 is 20.1 Å². The first-order valence-electron chi connectivity index (χ1n) is 10.4. The maximum Gasteiger partial charge on any atom is 0.258 e. The van der Waals surface area contributed by atoms with Crippen molar-refractivity contribution in [1.82, 2.24) is 10.6 Å². The zero-order valence-electron chi connectivity index (χ0n) is 18.1. The van der Waals surface area contributed by atoms with Crippen LogP contribution in [0.5, 0.6) is 11.5 Å². The Labute approximate surface area is 179 Å². The second-order valence-corrected chi connectivity index (χ2v) is 8.86. The molecule has 0 heterocycles. The van der Waals surface area contributed by atoms with Crippen molar-refractivity contribution in [3.05, 3.63) is 22.2 Å². The SMILES string of the molecule is CCCCCCCNCc1cc(OCC)c(OCC(=O)NC(C)(C)C)cc1Br. The van der Waals surface area contributed by atoms with E-state index in [0.717, 1.165) is 23.1 Å². The minimum absolute atomic E-state index is 0.0425. The molecule has 160 valence electrons. The monoisotopic (exact) mass is 456 g/mol. The van der Waals surface area contributed by atoms with Gasteiger partial charge in [-0.2, -0.15) is 0 Å². The first kappa shape index (κ1) is 24.8. The molecule has 0 aliphatic rings. The maximum absolute atomic E-state index is 12.0. The number of nitrogens with one attached hydrogen (secondary N) is 2. The van der Waals surface area contributed by atoms with E-state index in [9.17, 15) is 4.79 Å². The van der Waals surface area contributed by atoms with Gasteiger partial charge in [0, 0.05) is 16.6 Å². The van der Waals surface area contributed by atoms with Crippen molar-refractivity contribution in [2.75, 3.05) is 19.8 Å². The van der Waals surface area contributed by atoms with E-state index in [2.05, 4.69) is 33.5 Å². The smallest absolute Gasteiger partial charge is 0.258 e. The van der Waals surface area contributed by atoms with Crippen LogP contribution in [0.4, 0.5) is 0 Å². The average molecular weight is 457 g/mol. The molecule has 1 amide bonds. The molecule has 0 spiro atoms. The van der Waals surface area contributed by atoms with Crippen molar-refractivity contribution in [1.29, 1.82) is 0 Å². The molecule has 0 aromatic heterocycles. The highest BCUT2D eigenvalue weighted by molar-refractivity contribution is 9.10. The topological polar surface area (TPSA) is 59.6 Å². The van der Waals surface area contributed by atoms with Gasteiger partial charge in [0.15, 0.2) is 18.1 Å². The lowest BCUT2D eigenvalue weighted by atomic mass is 10.1. The van der Waals surface area contributed by atoms with Gasteiger partial charge >= 0.3 is 0 Å². The predicted octanol–water partition coefficient (Wildman–Crippen LogP) is 5.20. The molecule has 0 radical (unpaired) electrons. The Bertz CT molecular complexity index is 600. The van der Waals surface area contributed by atoms with E-state index in [1.807, 2.05) is 39.8 Å². The third-order valence-electron chi connectivity index (χ3n) is 4.06. The number of carbonyl (C=O) groups is 1. The first-order valence-corrected chi connectivity index (χ1v) is 11.2. The number of hydrogen-bond acceptors (Lipinski definition) is 4. The summed E-state index contributed by atoms with van der Waals surface area (Å²) in [5.41, 5.74) is 0.832. The van der Waals surface area contributed by atoms with Crippen LogP contribution in [0, 0.1) is 0 Å². The van der Waals surface area contributed by atoms with Crippen molar-refractivity contribution in [3.63, 3.8) is 0 Å². The van der Waals surface area contributed by atoms with E-state index in [-0.39, 0.29) is 18.1 Å². The van der Waals surface area contributed by atoms with Crippen molar-refractivity contribution in [3.8, 4) is 11.5 Å². The quantitative estimate of drug-likeness (QED) is 0.400. The maximum atomic E-state index is 12.0. The Kier molecular flexibility index (Phi) is 11.5. The number of unbranched alkanes of at least 4 members (excludes halogenated alkanes) is 4. The lowest BCUT2D eigenvalue weighted by Gasteiger charge is -2.21. The lowest BCUT2D eigenvalue weighted by Crippen LogP contribution is -2.43. The fourth-order valence-corrected chi connectivity index (χ4v) is 3.23. The molecule has 0 saturated carbocycles. The van der Waals surface area contributed by atoms with Gasteiger partial charge in [0.05, 0.1) is 6.61 Å². The molecule has 0 bridgehead atoms. The van der Waals surface area contributed by atoms with E-state index < -0.39 is 0 Å². The second-order valence-electron chi connectivity index (χ2n) is 8.00. The minimum atomic E-state index is -0.282. The van der Waals surface area contributed by atoms with Crippen LogP contribution in [0.1, 0.15) is 72.3 Å². The third kappa shape index (κ3) is 10.3. The Hall–Kier alpha value is -1.27. The van der Waals surface area contributed by atoms with Gasteiger partial charge in [-0.3, -0.25) is 4.79 Å². The number of amides is 1. The first-order chi connectivity index (χ1) is 13.3. The number of hydrogen-bond donors (Lipinski definition) is 2. The van der Waals surface area contributed by atoms with Crippen LogP contribution in [0.25, 0.3) is 0 Å². The summed E-state index contributed by atoms with van der Waals surface area (Å²) in [6, 6.07) is 3.86. The van der Waals surface area contributed by atoms with E-state index in [4.69, 9.17) is 9.47 Å². The van der Waals surface area contributed by atoms with Crippen LogP contribution in [0.15, 0.2) is 16.6 Å². The van der Waals surface area contributed by atoms with Gasteiger partial charge in [-0.25, -0.2) is 0 Å². The highest BCUT2D eigenvalue weighted by atomic mass is 79.9. The van der Waals surface area contributed by atoms with Crippen molar-refractivity contribution >= 4 is 21.8 Å². The molecule has 6 heteroatoms. The van der Waals surface area contributed by atoms with Crippen LogP contribution in [0.2, 0.25) is 0 Å². The van der Waals surface area contributed by atoms with E-state index in [1.54, 1.807) is 0 Å². The molecule has 1 aromatic rings. The Morgan fingerprint density at radius 1 is 1.04 bits per heavy atom. The van der Waals surface area contributed by atoms with Crippen molar-refractivity contribution in [2.24, 2.45) is 0 Å². The summed E-state index contributed by atoms with van der Waals surface area (Å²) in [7, 11) is 0. The molecule has 0 aliphatic carbocycles. The fourth-order valence-electron chi connectivity index (χ4n) is 2.77. The molecule has 2 N–H and O–H groups in total. The molecular weight excluding hydrogens is 420 g/mol. The molecule has 0 aliphatic heterocycles. The number of halogens is 1. The summed E-state index contributed by atoms with van der Waals surface area (Å²) >= 11 is 3.62. The zero-order chi connectivity index (χ0) is 21.0. The normalized spacial score (nSPS) is 11.4. The highest BCUT2D eigenvalue weighted by Crippen LogP contribution is 2.34. The highest BCUT2D eigenvalue weighted by Gasteiger charge is 2.16. The van der Waals surface area contributed by atoms with Crippen LogP contribution in [-0.4, -0.2) is 31.2 Å². The Morgan fingerprint density at radius 2 is 1.71 bits per heavy atom. The van der Waals surface area contributed by atoms with E-state index in [1.165, 1.54) is 32.1 Å². The van der Waals surface area contributed by atoms with Crippen LogP contribution < -0.4 is 20.1 Å². The number of benzene rings is 1. The third-order valence-corrected chi connectivity index (χ3v) is 4.80. The molecule has 0 atom stereocenters. The summed E-state index contributed by atoms with van der Waals surface area (Å²) in [6.07, 6.45) is 6.37. The van der Waals surface area contributed by atoms with Crippen molar-refractivity contribution in [2.45, 2.75) is 78.8 Å². The molecule has 1 rings (SSSR count). The average Bonchev–Trinajstić information content (AvgIpc) is 2.60. The molecule has 0 fully saturated rings. The summed E-state index contributed by atoms with van der Waals surface area (Å²) < 4.78 is 12.4. The summed E-state index contributed by atoms with van der Waals surface area (Å²) in [5.74, 6) is 1.08. The van der Waals surface area contributed by atoms with Gasteiger partial charge in [-0.1, -0.05) is 48.5 Å². The molecule has 0 saturated heterocycles. The largest absolute Gasteiger partial charge is 0.490 e. The second kappa shape index (κ2) is 13.0. The number of carbonyl (C=O) groups excluding carboxylic acids is 1.